The number of fused-ring (bicyclic) bond motifs is 1. The number of aromatic nitrogens is 2. The normalized spacial score (nSPS) is 16.8. The maximum atomic E-state index is 13.8. The van der Waals surface area contributed by atoms with Gasteiger partial charge in [-0.2, -0.15) is 11.8 Å². The van der Waals surface area contributed by atoms with E-state index < -0.39 is 0 Å². The zero-order valence-electron chi connectivity index (χ0n) is 27.7. The van der Waals surface area contributed by atoms with Crippen molar-refractivity contribution < 1.29 is 14.0 Å². The lowest BCUT2D eigenvalue weighted by Crippen LogP contribution is -2.18. The molecule has 0 radical (unpaired) electrons. The monoisotopic (exact) mass is 658 g/mol. The molecule has 0 saturated heterocycles. The molecule has 0 spiro atoms. The number of imidazole rings is 1. The number of hydrogen-bond acceptors (Lipinski definition) is 4. The van der Waals surface area contributed by atoms with Gasteiger partial charge in [-0.3, -0.25) is 9.59 Å². The number of ketones is 2. The first kappa shape index (κ1) is 34.8. The molecule has 3 aromatic carbocycles. The van der Waals surface area contributed by atoms with Crippen LogP contribution in [0.2, 0.25) is 0 Å². The summed E-state index contributed by atoms with van der Waals surface area (Å²) >= 11 is 1.95. The molecule has 0 aliphatic heterocycles. The van der Waals surface area contributed by atoms with E-state index in [9.17, 15) is 14.0 Å². The second kappa shape index (κ2) is 17.6. The van der Waals surface area contributed by atoms with E-state index in [1.165, 1.54) is 30.5 Å². The molecular weight excluding hydrogens is 616 g/mol. The van der Waals surface area contributed by atoms with E-state index in [0.29, 0.717) is 16.7 Å². The molecule has 0 amide bonds. The van der Waals surface area contributed by atoms with Crippen LogP contribution in [0.25, 0.3) is 16.8 Å². The van der Waals surface area contributed by atoms with Gasteiger partial charge in [-0.05, 0) is 67.7 Å². The van der Waals surface area contributed by atoms with Crippen LogP contribution in [0, 0.1) is 5.82 Å². The number of thioether (sulfide) groups is 1. The Morgan fingerprint density at radius 3 is 2.42 bits per heavy atom. The Hall–Kier alpha value is -4.55. The highest BCUT2D eigenvalue weighted by Crippen LogP contribution is 2.33. The molecule has 1 aromatic heterocycles. The molecule has 4 nitrogen and oxygen atoms in total. The van der Waals surface area contributed by atoms with Crippen LogP contribution in [0.3, 0.4) is 0 Å². The fourth-order valence-electron chi connectivity index (χ4n) is 5.78. The second-order valence-electron chi connectivity index (χ2n) is 12.0. The van der Waals surface area contributed by atoms with E-state index in [0.717, 1.165) is 72.1 Å². The fraction of sp³-hybridized carbons (Fsp3) is 0.262. The molecule has 1 heterocycles. The molecule has 246 valence electrons. The van der Waals surface area contributed by atoms with Gasteiger partial charge < -0.3 is 4.57 Å². The first-order chi connectivity index (χ1) is 23.5. The van der Waals surface area contributed by atoms with Gasteiger partial charge in [0.05, 0.1) is 17.1 Å². The van der Waals surface area contributed by atoms with Crippen molar-refractivity contribution in [1.29, 1.82) is 0 Å². The molecule has 0 N–H and O–H groups in total. The van der Waals surface area contributed by atoms with Crippen LogP contribution in [0.15, 0.2) is 121 Å². The molecule has 2 aliphatic rings. The van der Waals surface area contributed by atoms with Crippen molar-refractivity contribution in [2.24, 2.45) is 0 Å². The number of aryl methyl sites for hydroxylation is 1. The average Bonchev–Trinajstić information content (AvgIpc) is 3.53. The largest absolute Gasteiger partial charge is 0.326 e. The van der Waals surface area contributed by atoms with Gasteiger partial charge in [-0.25, -0.2) is 9.37 Å². The fourth-order valence-corrected chi connectivity index (χ4v) is 6.82. The molecule has 6 rings (SSSR count). The third-order valence-corrected chi connectivity index (χ3v) is 9.44. The number of halogens is 1. The molecule has 0 fully saturated rings. The van der Waals surface area contributed by atoms with Crippen LogP contribution in [-0.4, -0.2) is 26.9 Å². The van der Waals surface area contributed by atoms with Crippen molar-refractivity contribution in [3.63, 3.8) is 0 Å². The Morgan fingerprint density at radius 2 is 1.65 bits per heavy atom. The van der Waals surface area contributed by atoms with E-state index in [1.807, 2.05) is 23.9 Å². The highest BCUT2D eigenvalue weighted by molar-refractivity contribution is 7.98. The maximum Gasteiger partial charge on any atom is 0.189 e. The second-order valence-corrected chi connectivity index (χ2v) is 13.1. The number of unbranched alkanes of at least 4 members (excludes halogenated alkanes) is 1. The summed E-state index contributed by atoms with van der Waals surface area (Å²) in [5.41, 5.74) is 6.91. The Morgan fingerprint density at radius 1 is 0.917 bits per heavy atom. The minimum absolute atomic E-state index is 0.0137. The lowest BCUT2D eigenvalue weighted by Gasteiger charge is -2.14. The standard InChI is InChI=1S/C31H35FN2S.C11H8O2/c1-2-3-23-35-24-29-33-30(26-17-19-28(32)20-18-26)31(27-15-11-6-4-5-7-12-16-27)34(29)22-21-25-13-9-8-10-14-25;1-7-6-10(12)8-4-2-3-5-9(8)11(7)13/h6,8-20H,2-5,7,21-24H2,1H3;2-5H,1,6H2/b11-6-,16-12-,27-15+;. The predicted octanol–water partition coefficient (Wildman–Crippen LogP) is 10.7. The summed E-state index contributed by atoms with van der Waals surface area (Å²) in [5.74, 6) is 2.76. The highest BCUT2D eigenvalue weighted by Gasteiger charge is 2.25. The number of carbonyl (C=O) groups is 2. The van der Waals surface area contributed by atoms with Gasteiger partial charge in [0.25, 0.3) is 0 Å². The number of hydrogen-bond donors (Lipinski definition) is 0. The number of carbonyl (C=O) groups excluding carboxylic acids is 2. The summed E-state index contributed by atoms with van der Waals surface area (Å²) in [5, 5.41) is 0. The van der Waals surface area contributed by atoms with Gasteiger partial charge >= 0.3 is 0 Å². The molecule has 48 heavy (non-hydrogen) atoms. The molecule has 0 unspecified atom stereocenters. The van der Waals surface area contributed by atoms with E-state index >= 15 is 0 Å². The van der Waals surface area contributed by atoms with Crippen molar-refractivity contribution >= 4 is 28.9 Å². The topological polar surface area (TPSA) is 52.0 Å². The van der Waals surface area contributed by atoms with Crippen LogP contribution < -0.4 is 0 Å². The van der Waals surface area contributed by atoms with E-state index in [1.54, 1.807) is 24.3 Å². The molecular formula is C42H43FN2O2S. The van der Waals surface area contributed by atoms with Crippen molar-refractivity contribution in [3.8, 4) is 11.3 Å². The van der Waals surface area contributed by atoms with Gasteiger partial charge in [0.2, 0.25) is 0 Å². The Kier molecular flexibility index (Phi) is 12.7. The van der Waals surface area contributed by atoms with E-state index in [2.05, 4.69) is 78.8 Å². The maximum absolute atomic E-state index is 13.8. The van der Waals surface area contributed by atoms with Gasteiger partial charge in [-0.15, -0.1) is 0 Å². The summed E-state index contributed by atoms with van der Waals surface area (Å²) < 4.78 is 16.2. The van der Waals surface area contributed by atoms with Gasteiger partial charge in [0.1, 0.15) is 11.6 Å². The van der Waals surface area contributed by atoms with Crippen LogP contribution in [0.4, 0.5) is 4.39 Å². The quantitative estimate of drug-likeness (QED) is 0.126. The van der Waals surface area contributed by atoms with Crippen LogP contribution in [0.5, 0.6) is 0 Å². The number of allylic oxidation sites excluding steroid dienone is 7. The minimum atomic E-state index is -0.223. The third kappa shape index (κ3) is 9.07. The Balaban J connectivity index is 0.000000288. The van der Waals surface area contributed by atoms with E-state index in [-0.39, 0.29) is 23.8 Å². The van der Waals surface area contributed by atoms with Gasteiger partial charge in [-0.1, -0.05) is 105 Å². The molecule has 2 aliphatic carbocycles. The molecule has 6 heteroatoms. The van der Waals surface area contributed by atoms with Crippen molar-refractivity contribution in [2.45, 2.75) is 64.2 Å². The molecule has 0 bridgehead atoms. The zero-order valence-corrected chi connectivity index (χ0v) is 28.5. The Labute approximate surface area is 288 Å². The zero-order chi connectivity index (χ0) is 33.7. The number of rotatable bonds is 10. The summed E-state index contributed by atoms with van der Waals surface area (Å²) in [6.07, 6.45) is 18.0. The van der Waals surface area contributed by atoms with Gasteiger partial charge in [0.15, 0.2) is 11.6 Å². The lowest BCUT2D eigenvalue weighted by molar-refractivity contribution is 0.0936. The first-order valence-electron chi connectivity index (χ1n) is 16.8. The van der Waals surface area contributed by atoms with Crippen LogP contribution in [-0.2, 0) is 18.7 Å². The minimum Gasteiger partial charge on any atom is -0.326 e. The number of Topliss-reactive ketones (excluding diaryl/α,β-unsaturated/α-hetero) is 2. The van der Waals surface area contributed by atoms with Crippen LogP contribution in [0.1, 0.15) is 83.2 Å². The van der Waals surface area contributed by atoms with Crippen molar-refractivity contribution in [1.82, 2.24) is 9.55 Å². The molecule has 0 saturated carbocycles. The predicted molar refractivity (Wildman–Crippen MR) is 198 cm³/mol. The first-order valence-corrected chi connectivity index (χ1v) is 18.0. The third-order valence-electron chi connectivity index (χ3n) is 8.40. The summed E-state index contributed by atoms with van der Waals surface area (Å²) in [6.45, 7) is 6.66. The number of nitrogens with zero attached hydrogens (tertiary/aromatic N) is 2. The van der Waals surface area contributed by atoms with Crippen LogP contribution >= 0.6 is 11.8 Å². The Bertz CT molecular complexity index is 1820. The SMILES string of the molecule is C=C1CC(=O)c2ccccc2C1=O.CCCCSCc1nc(-c2ccc(F)cc2)c(C2=C/C=C\CCC/C=C\2)n1CCc1ccccc1. The lowest BCUT2D eigenvalue weighted by atomic mass is 9.87. The molecule has 4 aromatic rings. The summed E-state index contributed by atoms with van der Waals surface area (Å²) in [6, 6.07) is 24.3. The van der Waals surface area contributed by atoms with Gasteiger partial charge in [0, 0.05) is 40.8 Å². The highest BCUT2D eigenvalue weighted by atomic mass is 32.2. The number of benzene rings is 3. The average molecular weight is 659 g/mol. The molecule has 0 atom stereocenters. The smallest absolute Gasteiger partial charge is 0.189 e. The summed E-state index contributed by atoms with van der Waals surface area (Å²) in [4.78, 5) is 28.1. The van der Waals surface area contributed by atoms with Crippen molar-refractivity contribution in [2.75, 3.05) is 5.75 Å². The summed E-state index contributed by atoms with van der Waals surface area (Å²) in [7, 11) is 0. The van der Waals surface area contributed by atoms with E-state index in [4.69, 9.17) is 4.98 Å². The van der Waals surface area contributed by atoms with Crippen molar-refractivity contribution in [3.05, 3.63) is 155 Å².